The number of carbonyl (C=O) groups excluding carboxylic acids is 2. The van der Waals surface area contributed by atoms with Crippen molar-refractivity contribution in [1.29, 1.82) is 5.26 Å². The summed E-state index contributed by atoms with van der Waals surface area (Å²) in [7, 11) is 1.72. The molecule has 6 rings (SSSR count). The first-order chi connectivity index (χ1) is 26.7. The van der Waals surface area contributed by atoms with E-state index < -0.39 is 39.6 Å². The number of quaternary nitrogens is 1. The highest BCUT2D eigenvalue weighted by Gasteiger charge is 2.35. The summed E-state index contributed by atoms with van der Waals surface area (Å²) in [6.45, 7) is 4.85. The number of hydrogen-bond acceptors (Lipinski definition) is 8. The van der Waals surface area contributed by atoms with Crippen molar-refractivity contribution in [3.8, 4) is 28.8 Å². The monoisotopic (exact) mass is 806 g/mol. The summed E-state index contributed by atoms with van der Waals surface area (Å²) >= 11 is 0. The highest BCUT2D eigenvalue weighted by Crippen LogP contribution is 2.32. The lowest BCUT2D eigenvalue weighted by Crippen LogP contribution is -2.55. The third kappa shape index (κ3) is 9.51. The Morgan fingerprint density at radius 3 is 2.19 bits per heavy atom. The standard InChI is InChI=1S/C33H35F3N8O3.C6H6O3S/c1-21(30(45)40(3)25-14-17-44(4,5)18-15-25)39-31(46)42-29(28-13-16-38-43(28)26-11-9-23(20-37)10-12-26)22(2)41(32(42)47)27-8-6-7-24(19-27)33(34,35)36;7-10(8,9)6-4-2-1-3-5-6/h6-13,16,19,21,25H,14-15,17-18H2,1-5H3;1-5H,(H,7,8,9)/t21-;/m0./s1. The van der Waals surface area contributed by atoms with Crippen molar-refractivity contribution in [2.75, 3.05) is 34.2 Å². The first-order valence-corrected chi connectivity index (χ1v) is 19.1. The van der Waals surface area contributed by atoms with Crippen molar-refractivity contribution in [2.24, 2.45) is 0 Å². The number of aromatic nitrogens is 4. The Bertz CT molecular complexity index is 2460. The Labute approximate surface area is 327 Å². The van der Waals surface area contributed by atoms with E-state index in [1.165, 1.54) is 61.1 Å². The van der Waals surface area contributed by atoms with E-state index in [4.69, 9.17) is 0 Å². The number of nitriles is 1. The molecule has 5 aromatic rings. The number of carbonyl (C=O) groups is 2. The van der Waals surface area contributed by atoms with Gasteiger partial charge in [0.25, 0.3) is 0 Å². The number of alkyl halides is 3. The van der Waals surface area contributed by atoms with Gasteiger partial charge in [-0.25, -0.2) is 27.3 Å². The number of nitrogens with zero attached hydrogens (tertiary/aromatic N) is 7. The van der Waals surface area contributed by atoms with E-state index >= 15 is 0 Å². The molecule has 300 valence electrons. The average Bonchev–Trinajstić information content (AvgIpc) is 3.75. The van der Waals surface area contributed by atoms with Gasteiger partial charge in [-0.3, -0.25) is 9.36 Å². The fraction of sp³-hybridized carbons (Fsp3) is 0.308. The Morgan fingerprint density at radius 2 is 1.63 bits per heavy atom. The molecule has 14 nitrogen and oxygen atoms in total. The van der Waals surface area contributed by atoms with Gasteiger partial charge in [-0.1, -0.05) is 24.3 Å². The van der Waals surface area contributed by atoms with E-state index in [9.17, 15) is 45.8 Å². The zero-order valence-electron chi connectivity index (χ0n) is 31.8. The van der Waals surface area contributed by atoms with Gasteiger partial charge in [-0.15, -0.1) is 0 Å². The van der Waals surface area contributed by atoms with Crippen molar-refractivity contribution < 1.29 is 40.2 Å². The molecule has 3 aromatic carbocycles. The fourth-order valence-electron chi connectivity index (χ4n) is 6.61. The third-order valence-electron chi connectivity index (χ3n) is 9.82. The van der Waals surface area contributed by atoms with Gasteiger partial charge in [0, 0.05) is 25.9 Å². The molecule has 0 radical (unpaired) electrons. The van der Waals surface area contributed by atoms with Crippen molar-refractivity contribution in [3.63, 3.8) is 0 Å². The number of hydrogen-bond donors (Lipinski definition) is 1. The summed E-state index contributed by atoms with van der Waals surface area (Å²) in [4.78, 5) is 42.9. The minimum atomic E-state index is -4.67. The maximum Gasteiger partial charge on any atom is 0.416 e. The van der Waals surface area contributed by atoms with Crippen LogP contribution in [0.2, 0.25) is 0 Å². The number of likely N-dealkylation sites (tertiary alicyclic amines) is 1. The molecule has 0 saturated carbocycles. The van der Waals surface area contributed by atoms with E-state index in [0.29, 0.717) is 11.3 Å². The van der Waals surface area contributed by atoms with Gasteiger partial charge in [0.05, 0.1) is 78.2 Å². The van der Waals surface area contributed by atoms with E-state index in [1.807, 2.05) is 6.07 Å². The van der Waals surface area contributed by atoms with E-state index in [1.54, 1.807) is 48.3 Å². The average molecular weight is 807 g/mol. The van der Waals surface area contributed by atoms with Crippen LogP contribution in [0.5, 0.6) is 0 Å². The van der Waals surface area contributed by atoms with Crippen molar-refractivity contribution in [2.45, 2.75) is 49.8 Å². The number of rotatable bonds is 7. The summed E-state index contributed by atoms with van der Waals surface area (Å²) < 4.78 is 75.9. The van der Waals surface area contributed by atoms with Crippen LogP contribution in [0.25, 0.3) is 22.8 Å². The summed E-state index contributed by atoms with van der Waals surface area (Å²) in [6.07, 6.45) is -1.61. The molecule has 1 aliphatic rings. The molecule has 0 aliphatic carbocycles. The first-order valence-electron chi connectivity index (χ1n) is 17.7. The minimum absolute atomic E-state index is 0.00250. The molecular formula is C39H41F3N8O6S. The summed E-state index contributed by atoms with van der Waals surface area (Å²) in [5.41, 5.74) is -0.561. The zero-order valence-corrected chi connectivity index (χ0v) is 32.6. The van der Waals surface area contributed by atoms with Crippen molar-refractivity contribution >= 4 is 22.1 Å². The minimum Gasteiger partial charge on any atom is -0.744 e. The van der Waals surface area contributed by atoms with Crippen LogP contribution < -0.4 is 11.0 Å². The topological polar surface area (TPSA) is 175 Å². The lowest BCUT2D eigenvalue weighted by Gasteiger charge is -2.40. The van der Waals surface area contributed by atoms with Gasteiger partial charge in [-0.05, 0) is 74.5 Å². The molecule has 3 heterocycles. The maximum absolute atomic E-state index is 14.1. The largest absolute Gasteiger partial charge is 0.744 e. The van der Waals surface area contributed by atoms with Crippen molar-refractivity contribution in [3.05, 3.63) is 118 Å². The van der Waals surface area contributed by atoms with Gasteiger partial charge in [-0.2, -0.15) is 23.5 Å². The molecule has 1 fully saturated rings. The molecule has 1 N–H and O–H groups in total. The normalized spacial score (nSPS) is 14.8. The molecule has 0 spiro atoms. The highest BCUT2D eigenvalue weighted by atomic mass is 32.2. The third-order valence-corrected chi connectivity index (χ3v) is 10.7. The van der Waals surface area contributed by atoms with Crippen LogP contribution in [0, 0.1) is 18.3 Å². The number of amides is 2. The van der Waals surface area contributed by atoms with Crippen LogP contribution in [-0.2, 0) is 21.1 Å². The highest BCUT2D eigenvalue weighted by molar-refractivity contribution is 7.85. The lowest BCUT2D eigenvalue weighted by atomic mass is 10.0. The van der Waals surface area contributed by atoms with Gasteiger partial charge >= 0.3 is 17.9 Å². The fourth-order valence-corrected chi connectivity index (χ4v) is 7.10. The van der Waals surface area contributed by atoms with Gasteiger partial charge < -0.3 is 19.3 Å². The van der Waals surface area contributed by atoms with Gasteiger partial charge in [0.1, 0.15) is 21.9 Å². The smallest absolute Gasteiger partial charge is 0.416 e. The predicted octanol–water partition coefficient (Wildman–Crippen LogP) is 4.92. The number of benzene rings is 3. The molecule has 1 atom stereocenters. The SMILES string of the molecule is Cc1c(-c2ccnn2-c2ccc(C#N)cc2)n(C(=O)N[C@@H](C)C(=O)N(C)C2CC[N+](C)(C)CC2)c(=O)n1-c1cccc(C(F)(F)F)c1.O=S(=O)([O-])c1ccccc1. The van der Waals surface area contributed by atoms with Crippen LogP contribution in [-0.4, -0.2) is 99.5 Å². The molecule has 1 aliphatic heterocycles. The van der Waals surface area contributed by atoms with Crippen LogP contribution >= 0.6 is 0 Å². The summed E-state index contributed by atoms with van der Waals surface area (Å²) in [5, 5.41) is 16.2. The molecule has 2 aromatic heterocycles. The molecule has 1 saturated heterocycles. The molecule has 57 heavy (non-hydrogen) atoms. The number of halogens is 3. The second-order valence-electron chi connectivity index (χ2n) is 14.2. The molecule has 0 unspecified atom stereocenters. The van der Waals surface area contributed by atoms with Crippen molar-refractivity contribution in [1.82, 2.24) is 29.1 Å². The predicted molar refractivity (Wildman–Crippen MR) is 202 cm³/mol. The molecule has 2 amide bonds. The Hall–Kier alpha value is -6.03. The number of imidazole rings is 1. The van der Waals surface area contributed by atoms with E-state index in [-0.39, 0.29) is 39.6 Å². The quantitative estimate of drug-likeness (QED) is 0.178. The second-order valence-corrected chi connectivity index (χ2v) is 15.6. The van der Waals surface area contributed by atoms with Crippen LogP contribution in [0.3, 0.4) is 0 Å². The van der Waals surface area contributed by atoms with Crippen LogP contribution in [0.4, 0.5) is 18.0 Å². The van der Waals surface area contributed by atoms with Crippen LogP contribution in [0.15, 0.2) is 101 Å². The summed E-state index contributed by atoms with van der Waals surface area (Å²) in [5.74, 6) is -0.332. The Morgan fingerprint density at radius 1 is 1.00 bits per heavy atom. The maximum atomic E-state index is 14.1. The molecule has 18 heteroatoms. The van der Waals surface area contributed by atoms with Gasteiger partial charge in [0.2, 0.25) is 5.91 Å². The Balaban J connectivity index is 0.000000540. The van der Waals surface area contributed by atoms with E-state index in [0.717, 1.165) is 51.7 Å². The molecular weight excluding hydrogens is 766 g/mol. The number of likely N-dealkylation sites (N-methyl/N-ethyl adjacent to an activating group) is 1. The Kier molecular flexibility index (Phi) is 12.3. The molecule has 0 bridgehead atoms. The first kappa shape index (κ1) is 42.1. The number of piperidine rings is 1. The lowest BCUT2D eigenvalue weighted by molar-refractivity contribution is -0.895. The van der Waals surface area contributed by atoms with Gasteiger partial charge in [0.15, 0.2) is 0 Å². The van der Waals surface area contributed by atoms with E-state index in [2.05, 4.69) is 24.5 Å². The zero-order chi connectivity index (χ0) is 41.9. The second kappa shape index (κ2) is 16.6. The summed E-state index contributed by atoms with van der Waals surface area (Å²) in [6, 6.07) is 19.5. The van der Waals surface area contributed by atoms with Crippen LogP contribution in [0.1, 0.15) is 36.6 Å². The number of nitrogens with one attached hydrogen (secondary N) is 1.